The van der Waals surface area contributed by atoms with E-state index in [4.69, 9.17) is 11.6 Å². The van der Waals surface area contributed by atoms with Crippen molar-refractivity contribution in [2.24, 2.45) is 5.10 Å². The molecule has 0 radical (unpaired) electrons. The molecule has 4 nitrogen and oxygen atoms in total. The number of fused-ring (bicyclic) bond motifs is 1. The fourth-order valence-electron chi connectivity index (χ4n) is 4.26. The van der Waals surface area contributed by atoms with Crippen LogP contribution in [0, 0.1) is 6.92 Å². The molecule has 1 aromatic heterocycles. The maximum Gasteiger partial charge on any atom is 0.435 e. The Hall–Kier alpha value is -3.84. The molecule has 176 valence electrons. The van der Waals surface area contributed by atoms with Crippen LogP contribution in [0.4, 0.5) is 18.9 Å². The molecule has 35 heavy (non-hydrogen) atoms. The summed E-state index contributed by atoms with van der Waals surface area (Å²) >= 11 is 6.01. The number of anilines is 1. The number of aromatic nitrogens is 1. The van der Waals surface area contributed by atoms with Crippen LogP contribution in [0.2, 0.25) is 5.02 Å². The van der Waals surface area contributed by atoms with Crippen molar-refractivity contribution in [3.8, 4) is 0 Å². The Morgan fingerprint density at radius 2 is 1.60 bits per heavy atom. The van der Waals surface area contributed by atoms with E-state index in [-0.39, 0.29) is 5.69 Å². The average molecular weight is 494 g/mol. The molecule has 0 saturated heterocycles. The second-order valence-electron chi connectivity index (χ2n) is 8.19. The van der Waals surface area contributed by atoms with Gasteiger partial charge in [0.15, 0.2) is 5.71 Å². The summed E-state index contributed by atoms with van der Waals surface area (Å²) in [4.78, 5) is 13.2. The molecule has 4 aromatic rings. The second kappa shape index (κ2) is 8.74. The third kappa shape index (κ3) is 4.23. The molecule has 0 bridgehead atoms. The molecule has 0 saturated carbocycles. The Morgan fingerprint density at radius 3 is 2.29 bits per heavy atom. The normalized spacial score (nSPS) is 15.3. The van der Waals surface area contributed by atoms with Crippen LogP contribution < -0.4 is 5.01 Å². The van der Waals surface area contributed by atoms with Gasteiger partial charge in [-0.15, -0.1) is 0 Å². The first-order valence-corrected chi connectivity index (χ1v) is 11.2. The van der Waals surface area contributed by atoms with E-state index in [1.54, 1.807) is 42.5 Å². The number of amides is 1. The van der Waals surface area contributed by atoms with Crippen molar-refractivity contribution in [3.05, 3.63) is 106 Å². The van der Waals surface area contributed by atoms with Crippen molar-refractivity contribution >= 4 is 45.9 Å². The van der Waals surface area contributed by atoms with Crippen LogP contribution in [0.1, 0.15) is 16.8 Å². The van der Waals surface area contributed by atoms with Gasteiger partial charge in [-0.1, -0.05) is 60.1 Å². The molecule has 0 aliphatic carbocycles. The molecule has 1 amide bonds. The van der Waals surface area contributed by atoms with E-state index in [9.17, 15) is 18.0 Å². The summed E-state index contributed by atoms with van der Waals surface area (Å²) in [6.07, 6.45) is -3.48. The number of carbonyl (C=O) groups excluding carboxylic acids is 1. The van der Waals surface area contributed by atoms with Crippen molar-refractivity contribution in [2.45, 2.75) is 19.6 Å². The average Bonchev–Trinajstić information content (AvgIpc) is 3.31. The molecule has 0 spiro atoms. The number of hydrogen-bond donors (Lipinski definition) is 0. The SMILES string of the molecule is Cc1c(/C=C2\C(=O)N(c3ccccc3)N=C2C(F)(F)F)c2ccccc2n1Cc1ccc(Cl)cc1. The lowest BCUT2D eigenvalue weighted by atomic mass is 10.0. The van der Waals surface area contributed by atoms with Gasteiger partial charge < -0.3 is 4.57 Å². The van der Waals surface area contributed by atoms with E-state index >= 15 is 0 Å². The maximum absolute atomic E-state index is 13.9. The van der Waals surface area contributed by atoms with Crippen molar-refractivity contribution < 1.29 is 18.0 Å². The molecule has 1 aliphatic heterocycles. The highest BCUT2D eigenvalue weighted by Crippen LogP contribution is 2.35. The van der Waals surface area contributed by atoms with Gasteiger partial charge in [0.1, 0.15) is 0 Å². The minimum atomic E-state index is -4.79. The number of halogens is 4. The monoisotopic (exact) mass is 493 g/mol. The highest BCUT2D eigenvalue weighted by molar-refractivity contribution is 6.34. The minimum absolute atomic E-state index is 0.268. The fraction of sp³-hybridized carbons (Fsp3) is 0.111. The zero-order valence-electron chi connectivity index (χ0n) is 18.6. The number of alkyl halides is 3. The molecule has 0 N–H and O–H groups in total. The molecule has 5 rings (SSSR count). The molecule has 3 aromatic carbocycles. The Bertz CT molecular complexity index is 1490. The van der Waals surface area contributed by atoms with Gasteiger partial charge in [-0.05, 0) is 48.9 Å². The van der Waals surface area contributed by atoms with Crippen LogP contribution in [0.15, 0.2) is 89.5 Å². The largest absolute Gasteiger partial charge is 0.435 e. The number of rotatable bonds is 4. The lowest BCUT2D eigenvalue weighted by molar-refractivity contribution is -0.114. The zero-order chi connectivity index (χ0) is 24.7. The summed E-state index contributed by atoms with van der Waals surface area (Å²) < 4.78 is 43.9. The molecule has 2 heterocycles. The van der Waals surface area contributed by atoms with Crippen molar-refractivity contribution in [1.82, 2.24) is 4.57 Å². The lowest BCUT2D eigenvalue weighted by Gasteiger charge is -2.11. The first-order chi connectivity index (χ1) is 16.7. The molecule has 1 aliphatic rings. The van der Waals surface area contributed by atoms with Gasteiger partial charge in [0.2, 0.25) is 0 Å². The van der Waals surface area contributed by atoms with Crippen LogP contribution in [0.25, 0.3) is 17.0 Å². The number of carbonyl (C=O) groups is 1. The van der Waals surface area contributed by atoms with E-state index in [0.717, 1.165) is 27.2 Å². The van der Waals surface area contributed by atoms with E-state index in [0.29, 0.717) is 17.1 Å². The molecule has 0 atom stereocenters. The zero-order valence-corrected chi connectivity index (χ0v) is 19.3. The van der Waals surface area contributed by atoms with Gasteiger partial charge in [0.05, 0.1) is 11.3 Å². The summed E-state index contributed by atoms with van der Waals surface area (Å²) in [6.45, 7) is 2.33. The Balaban J connectivity index is 1.65. The minimum Gasteiger partial charge on any atom is -0.340 e. The number of benzene rings is 3. The van der Waals surface area contributed by atoms with Gasteiger partial charge in [0.25, 0.3) is 5.91 Å². The first-order valence-electron chi connectivity index (χ1n) is 10.8. The fourth-order valence-corrected chi connectivity index (χ4v) is 4.38. The highest BCUT2D eigenvalue weighted by Gasteiger charge is 2.47. The van der Waals surface area contributed by atoms with E-state index in [2.05, 4.69) is 5.10 Å². The van der Waals surface area contributed by atoms with Crippen molar-refractivity contribution in [2.75, 3.05) is 5.01 Å². The van der Waals surface area contributed by atoms with Gasteiger partial charge in [0, 0.05) is 33.7 Å². The third-order valence-electron chi connectivity index (χ3n) is 5.97. The van der Waals surface area contributed by atoms with Crippen LogP contribution in [0.3, 0.4) is 0 Å². The Kier molecular flexibility index (Phi) is 5.73. The van der Waals surface area contributed by atoms with Gasteiger partial charge >= 0.3 is 6.18 Å². The third-order valence-corrected chi connectivity index (χ3v) is 6.22. The number of nitrogens with zero attached hydrogens (tertiary/aromatic N) is 3. The standard InChI is InChI=1S/C27H19ClF3N3O/c1-17-22(21-9-5-6-10-24(21)33(17)16-18-11-13-19(28)14-12-18)15-23-25(27(29,30)31)32-34(26(23)35)20-7-3-2-4-8-20/h2-15H,16H2,1H3/b23-15-. The molecule has 0 unspecified atom stereocenters. The van der Waals surface area contributed by atoms with E-state index in [1.807, 2.05) is 47.9 Å². The summed E-state index contributed by atoms with van der Waals surface area (Å²) in [5.41, 5.74) is 1.69. The summed E-state index contributed by atoms with van der Waals surface area (Å²) in [5.74, 6) is -0.822. The summed E-state index contributed by atoms with van der Waals surface area (Å²) in [7, 11) is 0. The molecule has 8 heteroatoms. The van der Waals surface area contributed by atoms with E-state index < -0.39 is 23.4 Å². The predicted octanol–water partition coefficient (Wildman–Crippen LogP) is 7.00. The number of hydrogen-bond acceptors (Lipinski definition) is 2. The molecular weight excluding hydrogens is 475 g/mol. The molecule has 0 fully saturated rings. The second-order valence-corrected chi connectivity index (χ2v) is 8.62. The number of para-hydroxylation sites is 2. The summed E-state index contributed by atoms with van der Waals surface area (Å²) in [5, 5.41) is 5.84. The Morgan fingerprint density at radius 1 is 0.943 bits per heavy atom. The van der Waals surface area contributed by atoms with Crippen LogP contribution in [0.5, 0.6) is 0 Å². The van der Waals surface area contributed by atoms with E-state index in [1.165, 1.54) is 6.08 Å². The maximum atomic E-state index is 13.9. The quantitative estimate of drug-likeness (QED) is 0.282. The Labute approximate surface area is 204 Å². The van der Waals surface area contributed by atoms with Crippen molar-refractivity contribution in [3.63, 3.8) is 0 Å². The predicted molar refractivity (Wildman–Crippen MR) is 133 cm³/mol. The topological polar surface area (TPSA) is 37.6 Å². The van der Waals surface area contributed by atoms with Crippen LogP contribution in [-0.4, -0.2) is 22.4 Å². The van der Waals surface area contributed by atoms with Gasteiger partial charge in [-0.3, -0.25) is 4.79 Å². The smallest absolute Gasteiger partial charge is 0.340 e. The first kappa shape index (κ1) is 22.9. The molecular formula is C27H19ClF3N3O. The summed E-state index contributed by atoms with van der Waals surface area (Å²) in [6, 6.07) is 22.9. The van der Waals surface area contributed by atoms with Gasteiger partial charge in [-0.25, -0.2) is 0 Å². The van der Waals surface area contributed by atoms with Gasteiger partial charge in [-0.2, -0.15) is 23.3 Å². The van der Waals surface area contributed by atoms with Crippen molar-refractivity contribution in [1.29, 1.82) is 0 Å². The highest BCUT2D eigenvalue weighted by atomic mass is 35.5. The van der Waals surface area contributed by atoms with Crippen LogP contribution in [-0.2, 0) is 11.3 Å². The number of hydrazone groups is 1. The lowest BCUT2D eigenvalue weighted by Crippen LogP contribution is -2.25. The van der Waals surface area contributed by atoms with Crippen LogP contribution >= 0.6 is 11.6 Å².